The van der Waals surface area contributed by atoms with Crippen molar-refractivity contribution in [1.29, 1.82) is 0 Å². The van der Waals surface area contributed by atoms with Crippen LogP contribution in [-0.2, 0) is 6.54 Å². The Morgan fingerprint density at radius 2 is 2.00 bits per heavy atom. The van der Waals surface area contributed by atoms with E-state index in [9.17, 15) is 5.11 Å². The molecule has 1 aromatic carbocycles. The third kappa shape index (κ3) is 4.60. The molecule has 4 nitrogen and oxygen atoms in total. The number of aromatic nitrogens is 3. The molecule has 6 heteroatoms. The fourth-order valence-corrected chi connectivity index (χ4v) is 3.22. The normalized spacial score (nSPS) is 11.6. The molecule has 118 valence electrons. The van der Waals surface area contributed by atoms with Crippen LogP contribution in [0, 0.1) is 0 Å². The van der Waals surface area contributed by atoms with E-state index < -0.39 is 5.60 Å². The van der Waals surface area contributed by atoms with Crippen molar-refractivity contribution in [2.45, 2.75) is 37.6 Å². The molecule has 0 atom stereocenters. The molecule has 1 aromatic heterocycles. The summed E-state index contributed by atoms with van der Waals surface area (Å²) in [5, 5.41) is 19.9. The van der Waals surface area contributed by atoms with Crippen LogP contribution in [0.2, 0.25) is 5.02 Å². The lowest BCUT2D eigenvalue weighted by Crippen LogP contribution is -2.19. The minimum atomic E-state index is -0.671. The molecule has 0 radical (unpaired) electrons. The van der Waals surface area contributed by atoms with Gasteiger partial charge in [0.1, 0.15) is 0 Å². The summed E-state index contributed by atoms with van der Waals surface area (Å²) >= 11 is 7.52. The number of thioether (sulfide) groups is 1. The molecule has 0 aliphatic carbocycles. The molecule has 1 N–H and O–H groups in total. The van der Waals surface area contributed by atoms with Gasteiger partial charge in [0.05, 0.1) is 5.60 Å². The monoisotopic (exact) mass is 337 g/mol. The van der Waals surface area contributed by atoms with Gasteiger partial charge in [0.25, 0.3) is 0 Å². The van der Waals surface area contributed by atoms with E-state index in [1.54, 1.807) is 25.6 Å². The summed E-state index contributed by atoms with van der Waals surface area (Å²) in [6.07, 6.45) is 2.51. The van der Waals surface area contributed by atoms with Crippen LogP contribution in [0.3, 0.4) is 0 Å². The molecule has 22 heavy (non-hydrogen) atoms. The Labute approximate surface area is 140 Å². The van der Waals surface area contributed by atoms with Gasteiger partial charge in [0.15, 0.2) is 11.0 Å². The average molecular weight is 338 g/mol. The highest BCUT2D eigenvalue weighted by Crippen LogP contribution is 2.26. The van der Waals surface area contributed by atoms with Crippen LogP contribution in [0.4, 0.5) is 0 Å². The van der Waals surface area contributed by atoms with Crippen molar-refractivity contribution in [3.8, 4) is 11.4 Å². The van der Waals surface area contributed by atoms with E-state index in [0.29, 0.717) is 18.0 Å². The number of allylic oxidation sites excluding steroid dienone is 1. The van der Waals surface area contributed by atoms with Crippen LogP contribution in [0.15, 0.2) is 42.1 Å². The zero-order valence-electron chi connectivity index (χ0n) is 12.8. The number of hydrogen-bond acceptors (Lipinski definition) is 4. The molecule has 1 heterocycles. The highest BCUT2D eigenvalue weighted by molar-refractivity contribution is 7.99. The van der Waals surface area contributed by atoms with Gasteiger partial charge < -0.3 is 5.11 Å². The van der Waals surface area contributed by atoms with E-state index in [-0.39, 0.29) is 0 Å². The van der Waals surface area contributed by atoms with Crippen LogP contribution in [-0.4, -0.2) is 31.2 Å². The van der Waals surface area contributed by atoms with Crippen molar-refractivity contribution in [3.05, 3.63) is 41.9 Å². The maximum Gasteiger partial charge on any atom is 0.191 e. The molecule has 0 bridgehead atoms. The van der Waals surface area contributed by atoms with E-state index in [1.165, 1.54) is 0 Å². The van der Waals surface area contributed by atoms with Crippen LogP contribution in [0.5, 0.6) is 0 Å². The van der Waals surface area contributed by atoms with Gasteiger partial charge in [-0.25, -0.2) is 0 Å². The molecule has 0 amide bonds. The molecule has 0 saturated heterocycles. The van der Waals surface area contributed by atoms with Gasteiger partial charge >= 0.3 is 0 Å². The Hall–Kier alpha value is -1.30. The van der Waals surface area contributed by atoms with Gasteiger partial charge in [-0.2, -0.15) is 0 Å². The van der Waals surface area contributed by atoms with E-state index in [0.717, 1.165) is 22.3 Å². The largest absolute Gasteiger partial charge is 0.390 e. The first kappa shape index (κ1) is 17.1. The molecule has 2 rings (SSSR count). The van der Waals surface area contributed by atoms with Gasteiger partial charge in [-0.3, -0.25) is 4.57 Å². The zero-order chi connectivity index (χ0) is 16.2. The van der Waals surface area contributed by atoms with Gasteiger partial charge in [0, 0.05) is 22.9 Å². The van der Waals surface area contributed by atoms with Gasteiger partial charge in [-0.15, -0.1) is 16.8 Å². The summed E-state index contributed by atoms with van der Waals surface area (Å²) in [5.74, 6) is 1.57. The van der Waals surface area contributed by atoms with Crippen molar-refractivity contribution in [2.75, 3.05) is 5.75 Å². The molecule has 0 spiro atoms. The van der Waals surface area contributed by atoms with E-state index in [1.807, 2.05) is 34.9 Å². The second-order valence-electron chi connectivity index (χ2n) is 5.62. The highest BCUT2D eigenvalue weighted by atomic mass is 35.5. The fourth-order valence-electron chi connectivity index (χ4n) is 1.89. The number of halogens is 1. The predicted octanol–water partition coefficient (Wildman–Crippen LogP) is 4.04. The molecule has 0 saturated carbocycles. The Bertz CT molecular complexity index is 632. The molecule has 0 fully saturated rings. The fraction of sp³-hybridized carbons (Fsp3) is 0.375. The predicted molar refractivity (Wildman–Crippen MR) is 92.3 cm³/mol. The number of benzene rings is 1. The summed E-state index contributed by atoms with van der Waals surface area (Å²) in [7, 11) is 0. The SMILES string of the molecule is C=CCn1c(SCCC(C)(C)O)nnc1-c1ccc(Cl)cc1. The van der Waals surface area contributed by atoms with E-state index in [4.69, 9.17) is 11.6 Å². The lowest BCUT2D eigenvalue weighted by atomic mass is 10.1. The van der Waals surface area contributed by atoms with Gasteiger partial charge in [-0.05, 0) is 44.5 Å². The standard InChI is InChI=1S/C16H20ClN3OS/c1-4-10-20-14(12-5-7-13(17)8-6-12)18-19-15(20)22-11-9-16(2,3)21/h4-8,21H,1,9-11H2,2-3H3. The Kier molecular flexibility index (Phi) is 5.67. The van der Waals surface area contributed by atoms with E-state index >= 15 is 0 Å². The van der Waals surface area contributed by atoms with E-state index in [2.05, 4.69) is 16.8 Å². The third-order valence-corrected chi connectivity index (χ3v) is 4.30. The van der Waals surface area contributed by atoms with Crippen LogP contribution < -0.4 is 0 Å². The Morgan fingerprint density at radius 3 is 2.59 bits per heavy atom. The maximum atomic E-state index is 9.79. The quantitative estimate of drug-likeness (QED) is 0.612. The maximum absolute atomic E-state index is 9.79. The minimum absolute atomic E-state index is 0.635. The van der Waals surface area contributed by atoms with Gasteiger partial charge in [-0.1, -0.05) is 29.4 Å². The first-order valence-corrected chi connectivity index (χ1v) is 8.42. The molecule has 0 unspecified atom stereocenters. The minimum Gasteiger partial charge on any atom is -0.390 e. The molecule has 0 aliphatic heterocycles. The first-order valence-electron chi connectivity index (χ1n) is 7.06. The molecular weight excluding hydrogens is 318 g/mol. The molecule has 2 aromatic rings. The lowest BCUT2D eigenvalue weighted by Gasteiger charge is -2.16. The van der Waals surface area contributed by atoms with Crippen molar-refractivity contribution in [1.82, 2.24) is 14.8 Å². The summed E-state index contributed by atoms with van der Waals surface area (Å²) in [4.78, 5) is 0. The summed E-state index contributed by atoms with van der Waals surface area (Å²) in [6.45, 7) is 8.05. The molecular formula is C16H20ClN3OS. The Balaban J connectivity index is 2.21. The number of hydrogen-bond donors (Lipinski definition) is 1. The van der Waals surface area contributed by atoms with Crippen LogP contribution in [0.1, 0.15) is 20.3 Å². The first-order chi connectivity index (χ1) is 10.4. The zero-order valence-corrected chi connectivity index (χ0v) is 14.4. The summed E-state index contributed by atoms with van der Waals surface area (Å²) in [6, 6.07) is 7.53. The van der Waals surface area contributed by atoms with Crippen molar-refractivity contribution >= 4 is 23.4 Å². The number of rotatable bonds is 7. The topological polar surface area (TPSA) is 50.9 Å². The lowest BCUT2D eigenvalue weighted by molar-refractivity contribution is 0.0777. The number of aliphatic hydroxyl groups is 1. The average Bonchev–Trinajstić information content (AvgIpc) is 2.82. The smallest absolute Gasteiger partial charge is 0.191 e. The van der Waals surface area contributed by atoms with Gasteiger partial charge in [0.2, 0.25) is 0 Å². The summed E-state index contributed by atoms with van der Waals surface area (Å²) < 4.78 is 2.02. The van der Waals surface area contributed by atoms with Crippen LogP contribution in [0.25, 0.3) is 11.4 Å². The molecule has 0 aliphatic rings. The van der Waals surface area contributed by atoms with Crippen molar-refractivity contribution in [2.24, 2.45) is 0 Å². The second kappa shape index (κ2) is 7.31. The highest BCUT2D eigenvalue weighted by Gasteiger charge is 2.16. The Morgan fingerprint density at radius 1 is 1.32 bits per heavy atom. The van der Waals surface area contributed by atoms with Crippen LogP contribution >= 0.6 is 23.4 Å². The van der Waals surface area contributed by atoms with Crippen molar-refractivity contribution in [3.63, 3.8) is 0 Å². The third-order valence-electron chi connectivity index (χ3n) is 3.08. The second-order valence-corrected chi connectivity index (χ2v) is 7.12. The summed E-state index contributed by atoms with van der Waals surface area (Å²) in [5.41, 5.74) is 0.294. The number of nitrogens with zero attached hydrogens (tertiary/aromatic N) is 3. The van der Waals surface area contributed by atoms with Crippen molar-refractivity contribution < 1.29 is 5.11 Å².